The summed E-state index contributed by atoms with van der Waals surface area (Å²) < 4.78 is 5.04. The largest absolute Gasteiger partial charge is 0.385 e. The average Bonchev–Trinajstić information content (AvgIpc) is 2.41. The van der Waals surface area contributed by atoms with E-state index < -0.39 is 0 Å². The van der Waals surface area contributed by atoms with Gasteiger partial charge in [0.1, 0.15) is 17.5 Å². The molecule has 0 unspecified atom stereocenters. The van der Waals surface area contributed by atoms with Gasteiger partial charge in [0.2, 0.25) is 0 Å². The lowest BCUT2D eigenvalue weighted by Crippen LogP contribution is -2.18. The van der Waals surface area contributed by atoms with Crippen molar-refractivity contribution < 1.29 is 4.74 Å². The number of nitrogens with one attached hydrogen (secondary N) is 2. The molecule has 0 bridgehead atoms. The zero-order valence-corrected chi connectivity index (χ0v) is 13.4. The second kappa shape index (κ2) is 8.04. The lowest BCUT2D eigenvalue weighted by Gasteiger charge is -2.18. The van der Waals surface area contributed by atoms with Crippen LogP contribution in [0, 0.1) is 0 Å². The molecular formula is C15H28N4O. The Kier molecular flexibility index (Phi) is 6.71. The van der Waals surface area contributed by atoms with Gasteiger partial charge in [0.25, 0.3) is 0 Å². The molecule has 0 saturated heterocycles. The van der Waals surface area contributed by atoms with Crippen LogP contribution in [0.3, 0.4) is 0 Å². The molecule has 20 heavy (non-hydrogen) atoms. The topological polar surface area (TPSA) is 59.1 Å². The predicted octanol–water partition coefficient (Wildman–Crippen LogP) is 3.04. The fourth-order valence-electron chi connectivity index (χ4n) is 1.77. The Balaban J connectivity index is 2.56. The maximum Gasteiger partial charge on any atom is 0.138 e. The van der Waals surface area contributed by atoms with Crippen molar-refractivity contribution in [2.45, 2.75) is 45.4 Å². The van der Waals surface area contributed by atoms with Gasteiger partial charge in [0.15, 0.2) is 0 Å². The second-order valence-corrected chi connectivity index (χ2v) is 5.94. The Morgan fingerprint density at radius 1 is 1.10 bits per heavy atom. The molecular weight excluding hydrogens is 252 g/mol. The summed E-state index contributed by atoms with van der Waals surface area (Å²) in [6, 6.07) is 1.95. The summed E-state index contributed by atoms with van der Waals surface area (Å²) in [4.78, 5) is 9.11. The Bertz CT molecular complexity index is 401. The lowest BCUT2D eigenvalue weighted by molar-refractivity contribution is 0.192. The highest BCUT2D eigenvalue weighted by molar-refractivity contribution is 5.47. The standard InChI is InChI=1S/C15H28N4O/c1-15(2,3)14-18-12(16-4)11-13(19-14)17-9-7-6-8-10-20-5/h11H,6-10H2,1-5H3,(H2,16,17,18,19). The van der Waals surface area contributed by atoms with Crippen LogP contribution in [0.25, 0.3) is 0 Å². The third kappa shape index (κ3) is 5.74. The minimum Gasteiger partial charge on any atom is -0.385 e. The van der Waals surface area contributed by atoms with Crippen LogP contribution in [0.1, 0.15) is 45.9 Å². The third-order valence-electron chi connectivity index (χ3n) is 2.98. The number of unbranched alkanes of at least 4 members (excludes halogenated alkanes) is 2. The molecule has 1 heterocycles. The summed E-state index contributed by atoms with van der Waals surface area (Å²) in [5, 5.41) is 6.47. The molecule has 0 fully saturated rings. The Hall–Kier alpha value is -1.36. The van der Waals surface area contributed by atoms with Crippen molar-refractivity contribution in [3.05, 3.63) is 11.9 Å². The van der Waals surface area contributed by atoms with Crippen LogP contribution in [-0.4, -0.2) is 37.3 Å². The number of hydrogen-bond donors (Lipinski definition) is 2. The SMILES string of the molecule is CNc1cc(NCCCCCOC)nc(C(C)(C)C)n1. The van der Waals surface area contributed by atoms with Crippen molar-refractivity contribution in [2.24, 2.45) is 0 Å². The van der Waals surface area contributed by atoms with Gasteiger partial charge in [-0.2, -0.15) is 0 Å². The summed E-state index contributed by atoms with van der Waals surface area (Å²) in [6.45, 7) is 8.13. The summed E-state index contributed by atoms with van der Waals surface area (Å²) in [6.07, 6.45) is 3.39. The summed E-state index contributed by atoms with van der Waals surface area (Å²) in [5.74, 6) is 2.60. The monoisotopic (exact) mass is 280 g/mol. The van der Waals surface area contributed by atoms with E-state index in [0.717, 1.165) is 49.9 Å². The quantitative estimate of drug-likeness (QED) is 0.717. The lowest BCUT2D eigenvalue weighted by atomic mass is 9.96. The van der Waals surface area contributed by atoms with Crippen LogP contribution in [0.4, 0.5) is 11.6 Å². The first-order valence-corrected chi connectivity index (χ1v) is 7.27. The molecule has 1 aromatic heterocycles. The molecule has 0 amide bonds. The van der Waals surface area contributed by atoms with Crippen molar-refractivity contribution in [1.82, 2.24) is 9.97 Å². The van der Waals surface area contributed by atoms with E-state index in [4.69, 9.17) is 4.74 Å². The van der Waals surface area contributed by atoms with E-state index in [1.54, 1.807) is 7.11 Å². The fraction of sp³-hybridized carbons (Fsp3) is 0.733. The maximum absolute atomic E-state index is 5.04. The first-order chi connectivity index (χ1) is 9.47. The van der Waals surface area contributed by atoms with Crippen LogP contribution in [0.2, 0.25) is 0 Å². The van der Waals surface area contributed by atoms with Gasteiger partial charge in [-0.1, -0.05) is 20.8 Å². The second-order valence-electron chi connectivity index (χ2n) is 5.94. The molecule has 0 saturated carbocycles. The number of aromatic nitrogens is 2. The van der Waals surface area contributed by atoms with Gasteiger partial charge in [-0.15, -0.1) is 0 Å². The highest BCUT2D eigenvalue weighted by Crippen LogP contribution is 2.22. The minimum atomic E-state index is -0.0538. The molecule has 1 rings (SSSR count). The number of rotatable bonds is 8. The molecule has 0 aliphatic heterocycles. The molecule has 0 aliphatic carbocycles. The Labute approximate surface area is 122 Å². The number of hydrogen-bond acceptors (Lipinski definition) is 5. The van der Waals surface area contributed by atoms with Crippen LogP contribution < -0.4 is 10.6 Å². The Morgan fingerprint density at radius 2 is 1.80 bits per heavy atom. The highest BCUT2D eigenvalue weighted by atomic mass is 16.5. The summed E-state index contributed by atoms with van der Waals surface area (Å²) >= 11 is 0. The third-order valence-corrected chi connectivity index (χ3v) is 2.98. The summed E-state index contributed by atoms with van der Waals surface area (Å²) in [5.41, 5.74) is -0.0538. The number of anilines is 2. The zero-order valence-electron chi connectivity index (χ0n) is 13.4. The van der Waals surface area contributed by atoms with E-state index in [2.05, 4.69) is 41.4 Å². The summed E-state index contributed by atoms with van der Waals surface area (Å²) in [7, 11) is 3.62. The van der Waals surface area contributed by atoms with Crippen LogP contribution in [-0.2, 0) is 10.2 Å². The normalized spacial score (nSPS) is 11.4. The molecule has 1 aromatic rings. The van der Waals surface area contributed by atoms with Gasteiger partial charge in [-0.3, -0.25) is 0 Å². The molecule has 114 valence electrons. The zero-order chi connectivity index (χ0) is 15.0. The van der Waals surface area contributed by atoms with Crippen LogP contribution >= 0.6 is 0 Å². The molecule has 0 radical (unpaired) electrons. The van der Waals surface area contributed by atoms with Crippen molar-refractivity contribution in [3.8, 4) is 0 Å². The smallest absolute Gasteiger partial charge is 0.138 e. The van der Waals surface area contributed by atoms with Gasteiger partial charge < -0.3 is 15.4 Å². The number of methoxy groups -OCH3 is 1. The van der Waals surface area contributed by atoms with E-state index >= 15 is 0 Å². The van der Waals surface area contributed by atoms with Gasteiger partial charge in [0.05, 0.1) is 0 Å². The van der Waals surface area contributed by atoms with Gasteiger partial charge in [-0.05, 0) is 19.3 Å². The first-order valence-electron chi connectivity index (χ1n) is 7.27. The number of ether oxygens (including phenoxy) is 1. The van der Waals surface area contributed by atoms with Crippen molar-refractivity contribution in [3.63, 3.8) is 0 Å². The maximum atomic E-state index is 5.04. The van der Waals surface area contributed by atoms with Crippen LogP contribution in [0.15, 0.2) is 6.07 Å². The first kappa shape index (κ1) is 16.7. The fourth-order valence-corrected chi connectivity index (χ4v) is 1.77. The molecule has 0 aromatic carbocycles. The van der Waals surface area contributed by atoms with E-state index in [1.807, 2.05) is 13.1 Å². The Morgan fingerprint density at radius 3 is 2.40 bits per heavy atom. The highest BCUT2D eigenvalue weighted by Gasteiger charge is 2.18. The number of nitrogens with zero attached hydrogens (tertiary/aromatic N) is 2. The molecule has 0 spiro atoms. The van der Waals surface area contributed by atoms with Gasteiger partial charge in [0, 0.05) is 38.8 Å². The molecule has 0 atom stereocenters. The van der Waals surface area contributed by atoms with Gasteiger partial charge in [-0.25, -0.2) is 9.97 Å². The minimum absolute atomic E-state index is 0.0538. The predicted molar refractivity (Wildman–Crippen MR) is 84.5 cm³/mol. The van der Waals surface area contributed by atoms with E-state index in [-0.39, 0.29) is 5.41 Å². The van der Waals surface area contributed by atoms with E-state index in [1.165, 1.54) is 0 Å². The van der Waals surface area contributed by atoms with Crippen molar-refractivity contribution >= 4 is 11.6 Å². The van der Waals surface area contributed by atoms with Crippen LogP contribution in [0.5, 0.6) is 0 Å². The molecule has 0 aliphatic rings. The van der Waals surface area contributed by atoms with Gasteiger partial charge >= 0.3 is 0 Å². The van der Waals surface area contributed by atoms with E-state index in [9.17, 15) is 0 Å². The molecule has 5 heteroatoms. The molecule has 2 N–H and O–H groups in total. The van der Waals surface area contributed by atoms with Crippen molar-refractivity contribution in [2.75, 3.05) is 37.9 Å². The average molecular weight is 280 g/mol. The van der Waals surface area contributed by atoms with E-state index in [0.29, 0.717) is 0 Å². The molecule has 5 nitrogen and oxygen atoms in total. The van der Waals surface area contributed by atoms with Crippen molar-refractivity contribution in [1.29, 1.82) is 0 Å².